The van der Waals surface area contributed by atoms with E-state index in [1.54, 1.807) is 18.2 Å². The largest absolute Gasteiger partial charge is 0.454 e. The van der Waals surface area contributed by atoms with Crippen LogP contribution in [0.2, 0.25) is 0 Å². The monoisotopic (exact) mass is 488 g/mol. The highest BCUT2D eigenvalue weighted by molar-refractivity contribution is 7.90. The molecule has 0 spiro atoms. The first-order valence-corrected chi connectivity index (χ1v) is 13.0. The SMILES string of the molecule is O=C(COC(=O)c1ccc2c(c1)S(=O)(=O)N=C1CCCCCN12)c1ccc(-c2ccccc2)cc1. The maximum atomic E-state index is 12.8. The fraction of sp³-hybridized carbons (Fsp3) is 0.222. The number of amidine groups is 1. The van der Waals surface area contributed by atoms with Crippen LogP contribution in [0.3, 0.4) is 0 Å². The number of Topliss-reactive ketones (excluding diaryl/α,β-unsaturated/α-hetero) is 1. The van der Waals surface area contributed by atoms with E-state index in [1.165, 1.54) is 12.1 Å². The van der Waals surface area contributed by atoms with Crippen LogP contribution in [0.4, 0.5) is 5.69 Å². The lowest BCUT2D eigenvalue weighted by Gasteiger charge is -2.29. The van der Waals surface area contributed by atoms with Crippen LogP contribution in [0.1, 0.15) is 46.4 Å². The van der Waals surface area contributed by atoms with Crippen LogP contribution in [0.5, 0.6) is 0 Å². The number of hydrogen-bond donors (Lipinski definition) is 0. The number of rotatable bonds is 5. The number of ether oxygens (including phenoxy) is 1. The molecule has 178 valence electrons. The molecule has 2 heterocycles. The summed E-state index contributed by atoms with van der Waals surface area (Å²) in [7, 11) is -3.91. The highest BCUT2D eigenvalue weighted by Gasteiger charge is 2.32. The first kappa shape index (κ1) is 23.0. The van der Waals surface area contributed by atoms with Gasteiger partial charge in [0.1, 0.15) is 10.7 Å². The second-order valence-electron chi connectivity index (χ2n) is 8.57. The number of carbonyl (C=O) groups excluding carboxylic acids is 2. The van der Waals surface area contributed by atoms with E-state index in [2.05, 4.69) is 4.40 Å². The smallest absolute Gasteiger partial charge is 0.338 e. The van der Waals surface area contributed by atoms with Gasteiger partial charge in [0.25, 0.3) is 10.0 Å². The van der Waals surface area contributed by atoms with Crippen LogP contribution >= 0.6 is 0 Å². The lowest BCUT2D eigenvalue weighted by atomic mass is 10.0. The fourth-order valence-corrected chi connectivity index (χ4v) is 5.67. The summed E-state index contributed by atoms with van der Waals surface area (Å²) in [5.74, 6) is -0.556. The summed E-state index contributed by atoms with van der Waals surface area (Å²) in [4.78, 5) is 27.1. The van der Waals surface area contributed by atoms with Gasteiger partial charge in [0.2, 0.25) is 0 Å². The van der Waals surface area contributed by atoms with Gasteiger partial charge in [0, 0.05) is 18.5 Å². The summed E-state index contributed by atoms with van der Waals surface area (Å²) < 4.78 is 34.8. The molecule has 1 saturated heterocycles. The topological polar surface area (TPSA) is 93.1 Å². The summed E-state index contributed by atoms with van der Waals surface area (Å²) in [5, 5.41) is 0. The molecule has 35 heavy (non-hydrogen) atoms. The molecule has 2 aliphatic rings. The molecular formula is C27H24N2O5S. The number of nitrogens with zero attached hydrogens (tertiary/aromatic N) is 2. The number of esters is 1. The van der Waals surface area contributed by atoms with Crippen LogP contribution in [0.15, 0.2) is 82.1 Å². The lowest BCUT2D eigenvalue weighted by Crippen LogP contribution is -2.35. The Morgan fingerprint density at radius 3 is 2.34 bits per heavy atom. The maximum Gasteiger partial charge on any atom is 0.338 e. The van der Waals surface area contributed by atoms with Gasteiger partial charge in [0.05, 0.1) is 11.3 Å². The Balaban J connectivity index is 1.29. The normalized spacial score (nSPS) is 16.3. The second kappa shape index (κ2) is 9.46. The molecule has 0 aliphatic carbocycles. The predicted molar refractivity (Wildman–Crippen MR) is 133 cm³/mol. The van der Waals surface area contributed by atoms with Crippen molar-refractivity contribution in [2.24, 2.45) is 4.40 Å². The number of benzene rings is 3. The maximum absolute atomic E-state index is 12.8. The molecule has 0 atom stereocenters. The van der Waals surface area contributed by atoms with Gasteiger partial charge in [-0.05, 0) is 42.2 Å². The fourth-order valence-electron chi connectivity index (χ4n) is 4.38. The minimum atomic E-state index is -3.91. The zero-order chi connectivity index (χ0) is 24.4. The van der Waals surface area contributed by atoms with Crippen molar-refractivity contribution in [3.8, 4) is 11.1 Å². The molecule has 0 unspecified atom stereocenters. The third-order valence-corrected chi connectivity index (χ3v) is 7.57. The zero-order valence-corrected chi connectivity index (χ0v) is 19.8. The van der Waals surface area contributed by atoms with E-state index >= 15 is 0 Å². The average Bonchev–Trinajstić information content (AvgIpc) is 3.12. The van der Waals surface area contributed by atoms with Crippen LogP contribution in [-0.2, 0) is 14.8 Å². The molecule has 3 aromatic rings. The predicted octanol–water partition coefficient (Wildman–Crippen LogP) is 4.87. The Morgan fingerprint density at radius 2 is 1.57 bits per heavy atom. The number of hydrogen-bond acceptors (Lipinski definition) is 6. The summed E-state index contributed by atoms with van der Waals surface area (Å²) in [6.45, 7) is 0.241. The van der Waals surface area contributed by atoms with Crippen LogP contribution in [0.25, 0.3) is 11.1 Å². The van der Waals surface area contributed by atoms with E-state index in [4.69, 9.17) is 4.74 Å². The van der Waals surface area contributed by atoms with Gasteiger partial charge in [-0.3, -0.25) is 4.79 Å². The minimum Gasteiger partial charge on any atom is -0.454 e. The second-order valence-corrected chi connectivity index (χ2v) is 10.1. The van der Waals surface area contributed by atoms with Crippen molar-refractivity contribution in [3.05, 3.63) is 83.9 Å². The van der Waals surface area contributed by atoms with Crippen molar-refractivity contribution < 1.29 is 22.7 Å². The summed E-state index contributed by atoms with van der Waals surface area (Å²) in [6, 6.07) is 21.3. The molecule has 5 rings (SSSR count). The Kier molecular flexibility index (Phi) is 6.21. The number of sulfonamides is 1. The Labute approximate surface area is 204 Å². The lowest BCUT2D eigenvalue weighted by molar-refractivity contribution is 0.0474. The van der Waals surface area contributed by atoms with Gasteiger partial charge in [-0.25, -0.2) is 4.79 Å². The molecule has 0 aromatic heterocycles. The van der Waals surface area contributed by atoms with Crippen molar-refractivity contribution in [2.75, 3.05) is 18.1 Å². The average molecular weight is 489 g/mol. The van der Waals surface area contributed by atoms with E-state index in [0.717, 1.165) is 30.4 Å². The minimum absolute atomic E-state index is 0.0135. The third kappa shape index (κ3) is 4.74. The van der Waals surface area contributed by atoms with Crippen LogP contribution < -0.4 is 4.90 Å². The molecule has 0 bridgehead atoms. The van der Waals surface area contributed by atoms with E-state index in [-0.39, 0.29) is 16.2 Å². The summed E-state index contributed by atoms with van der Waals surface area (Å²) in [6.07, 6.45) is 3.46. The molecule has 3 aromatic carbocycles. The van der Waals surface area contributed by atoms with Crippen molar-refractivity contribution >= 4 is 33.3 Å². The number of anilines is 1. The zero-order valence-electron chi connectivity index (χ0n) is 19.0. The van der Waals surface area contributed by atoms with E-state index in [9.17, 15) is 18.0 Å². The van der Waals surface area contributed by atoms with Crippen molar-refractivity contribution in [1.29, 1.82) is 0 Å². The van der Waals surface area contributed by atoms with Gasteiger partial charge >= 0.3 is 5.97 Å². The van der Waals surface area contributed by atoms with Crippen molar-refractivity contribution in [1.82, 2.24) is 0 Å². The quantitative estimate of drug-likeness (QED) is 0.376. The standard InChI is InChI=1S/C27H24N2O5S/c30-24(21-12-10-20(11-13-21)19-7-3-1-4-8-19)18-34-27(31)22-14-15-23-25(17-22)35(32,33)28-26-9-5-2-6-16-29(23)26/h1,3-4,7-8,10-15,17H,2,5-6,9,16,18H2. The number of fused-ring (bicyclic) bond motifs is 3. The first-order valence-electron chi connectivity index (χ1n) is 11.5. The highest BCUT2D eigenvalue weighted by Crippen LogP contribution is 2.35. The van der Waals surface area contributed by atoms with Gasteiger partial charge < -0.3 is 9.64 Å². The Bertz CT molecular complexity index is 1410. The van der Waals surface area contributed by atoms with Crippen molar-refractivity contribution in [3.63, 3.8) is 0 Å². The van der Waals surface area contributed by atoms with Gasteiger partial charge in [-0.1, -0.05) is 61.0 Å². The molecule has 7 nitrogen and oxygen atoms in total. The Morgan fingerprint density at radius 1 is 0.857 bits per heavy atom. The van der Waals surface area contributed by atoms with Crippen molar-refractivity contribution in [2.45, 2.75) is 30.6 Å². The molecule has 2 aliphatic heterocycles. The highest BCUT2D eigenvalue weighted by atomic mass is 32.2. The van der Waals surface area contributed by atoms with E-state index < -0.39 is 22.6 Å². The van der Waals surface area contributed by atoms with Gasteiger partial charge in [-0.2, -0.15) is 8.42 Å². The van der Waals surface area contributed by atoms with Crippen LogP contribution in [-0.4, -0.2) is 39.2 Å². The van der Waals surface area contributed by atoms with Crippen LogP contribution in [0, 0.1) is 0 Å². The van der Waals surface area contributed by atoms with E-state index in [0.29, 0.717) is 30.1 Å². The molecule has 0 saturated carbocycles. The first-order chi connectivity index (χ1) is 16.9. The molecule has 1 fully saturated rings. The molecular weight excluding hydrogens is 464 g/mol. The molecule has 0 N–H and O–H groups in total. The van der Waals surface area contributed by atoms with E-state index in [1.807, 2.05) is 47.4 Å². The van der Waals surface area contributed by atoms with Gasteiger partial charge in [0.15, 0.2) is 12.4 Å². The number of ketones is 1. The Hall–Kier alpha value is -3.78. The third-order valence-electron chi connectivity index (χ3n) is 6.23. The molecule has 8 heteroatoms. The molecule has 0 radical (unpaired) electrons. The number of carbonyl (C=O) groups is 2. The summed E-state index contributed by atoms with van der Waals surface area (Å²) in [5.41, 5.74) is 3.03. The molecule has 0 amide bonds. The van der Waals surface area contributed by atoms with Gasteiger partial charge in [-0.15, -0.1) is 4.40 Å². The summed E-state index contributed by atoms with van der Waals surface area (Å²) >= 11 is 0.